The van der Waals surface area contributed by atoms with Gasteiger partial charge in [0.05, 0.1) is 17.9 Å². The van der Waals surface area contributed by atoms with Crippen LogP contribution in [0.25, 0.3) is 5.65 Å². The monoisotopic (exact) mass is 443 g/mol. The fourth-order valence-electron chi connectivity index (χ4n) is 5.38. The number of carbonyl (C=O) groups is 1. The van der Waals surface area contributed by atoms with Crippen molar-refractivity contribution < 1.29 is 9.53 Å². The van der Waals surface area contributed by atoms with Crippen LogP contribution in [0.15, 0.2) is 42.9 Å². The number of carbonyl (C=O) groups excluding carboxylic acids is 1. The normalized spacial score (nSPS) is 23.0. The molecule has 1 amide bonds. The van der Waals surface area contributed by atoms with Crippen molar-refractivity contribution in [1.82, 2.24) is 24.5 Å². The molecule has 3 aromatic rings. The molecule has 1 aliphatic carbocycles. The minimum absolute atomic E-state index is 0.0501. The molecule has 9 heteroatoms. The van der Waals surface area contributed by atoms with Crippen LogP contribution in [-0.2, 0) is 14.9 Å². The molecular weight excluding hydrogens is 418 g/mol. The maximum absolute atomic E-state index is 13.0. The Morgan fingerprint density at radius 1 is 1.15 bits per heavy atom. The molecule has 2 saturated heterocycles. The molecule has 6 rings (SSSR count). The van der Waals surface area contributed by atoms with E-state index < -0.39 is 0 Å². The zero-order chi connectivity index (χ0) is 22.4. The van der Waals surface area contributed by atoms with E-state index in [-0.39, 0.29) is 30.0 Å². The highest BCUT2D eigenvalue weighted by Gasteiger charge is 2.47. The summed E-state index contributed by atoms with van der Waals surface area (Å²) in [6.45, 7) is 1.98. The molecule has 3 fully saturated rings. The Balaban J connectivity index is 1.07. The van der Waals surface area contributed by atoms with E-state index in [1.54, 1.807) is 18.6 Å². The predicted octanol–water partition coefficient (Wildman–Crippen LogP) is 1.92. The molecule has 168 valence electrons. The first-order valence-corrected chi connectivity index (χ1v) is 11.5. The summed E-state index contributed by atoms with van der Waals surface area (Å²) in [5.74, 6) is 0.942. The fraction of sp³-hybridized carbons (Fsp3) is 0.458. The van der Waals surface area contributed by atoms with Crippen molar-refractivity contribution in [3.8, 4) is 6.07 Å². The van der Waals surface area contributed by atoms with Gasteiger partial charge in [-0.2, -0.15) is 10.4 Å². The maximum Gasteiger partial charge on any atom is 0.248 e. The average Bonchev–Trinajstić information content (AvgIpc) is 3.38. The third kappa shape index (κ3) is 3.51. The van der Waals surface area contributed by atoms with Gasteiger partial charge in [0.1, 0.15) is 24.8 Å². The van der Waals surface area contributed by atoms with Crippen molar-refractivity contribution in [1.29, 1.82) is 5.26 Å². The van der Waals surface area contributed by atoms with E-state index in [0.717, 1.165) is 42.8 Å². The highest BCUT2D eigenvalue weighted by Crippen LogP contribution is 2.48. The summed E-state index contributed by atoms with van der Waals surface area (Å²) in [6, 6.07) is 12.4. The van der Waals surface area contributed by atoms with Gasteiger partial charge in [0, 0.05) is 36.8 Å². The number of amides is 1. The Labute approximate surface area is 191 Å². The molecule has 0 radical (unpaired) electrons. The standard InChI is InChI=1S/C24H25N7O2/c25-10-17-4-7-21(26-11-17)30-18-5-6-19(30)13-29(12-18)23(32)14-33-15-24(8-9-24)20-2-1-3-22-27-16-28-31(20)22/h1-4,7,11,16,18-19H,5-6,8-9,12-15H2/t18-,19?/m0/s1. The number of nitriles is 1. The number of hydrogen-bond donors (Lipinski definition) is 0. The topological polar surface area (TPSA) is 99.7 Å². The van der Waals surface area contributed by atoms with Gasteiger partial charge in [-0.1, -0.05) is 6.07 Å². The van der Waals surface area contributed by atoms with Crippen molar-refractivity contribution in [3.05, 3.63) is 54.1 Å². The number of anilines is 1. The number of likely N-dealkylation sites (tertiary alicyclic amines) is 1. The van der Waals surface area contributed by atoms with Gasteiger partial charge >= 0.3 is 0 Å². The highest BCUT2D eigenvalue weighted by molar-refractivity contribution is 5.78. The summed E-state index contributed by atoms with van der Waals surface area (Å²) in [6.07, 6.45) is 7.33. The number of aromatic nitrogens is 4. The van der Waals surface area contributed by atoms with Gasteiger partial charge in [0.2, 0.25) is 5.91 Å². The van der Waals surface area contributed by atoms with E-state index in [4.69, 9.17) is 10.00 Å². The number of piperazine rings is 1. The van der Waals surface area contributed by atoms with Crippen LogP contribution in [0.1, 0.15) is 36.9 Å². The lowest BCUT2D eigenvalue weighted by Gasteiger charge is -2.41. The Morgan fingerprint density at radius 2 is 1.97 bits per heavy atom. The van der Waals surface area contributed by atoms with Gasteiger partial charge < -0.3 is 14.5 Å². The average molecular weight is 444 g/mol. The molecule has 1 saturated carbocycles. The molecule has 2 aliphatic heterocycles. The molecule has 9 nitrogen and oxygen atoms in total. The number of rotatable bonds is 6. The summed E-state index contributed by atoms with van der Waals surface area (Å²) in [4.78, 5) is 26.0. The lowest BCUT2D eigenvalue weighted by molar-refractivity contribution is -0.137. The van der Waals surface area contributed by atoms with Crippen molar-refractivity contribution in [2.75, 3.05) is 31.2 Å². The second kappa shape index (κ2) is 7.81. The molecule has 3 aromatic heterocycles. The van der Waals surface area contributed by atoms with Crippen LogP contribution in [0.4, 0.5) is 5.82 Å². The first-order chi connectivity index (χ1) is 16.2. The zero-order valence-corrected chi connectivity index (χ0v) is 18.3. The van der Waals surface area contributed by atoms with Gasteiger partial charge in [0.15, 0.2) is 5.65 Å². The van der Waals surface area contributed by atoms with Crippen LogP contribution in [0.5, 0.6) is 0 Å². The minimum atomic E-state index is -0.0769. The van der Waals surface area contributed by atoms with Crippen molar-refractivity contribution in [3.63, 3.8) is 0 Å². The van der Waals surface area contributed by atoms with Crippen LogP contribution in [0, 0.1) is 11.3 Å². The van der Waals surface area contributed by atoms with Crippen molar-refractivity contribution in [2.24, 2.45) is 0 Å². The van der Waals surface area contributed by atoms with Crippen LogP contribution in [0.2, 0.25) is 0 Å². The summed E-state index contributed by atoms with van der Waals surface area (Å²) < 4.78 is 7.86. The third-order valence-electron chi connectivity index (χ3n) is 7.28. The number of fused-ring (bicyclic) bond motifs is 3. The lowest BCUT2D eigenvalue weighted by Crippen LogP contribution is -2.56. The van der Waals surface area contributed by atoms with Crippen LogP contribution < -0.4 is 4.90 Å². The van der Waals surface area contributed by atoms with E-state index in [2.05, 4.69) is 32.1 Å². The van der Waals surface area contributed by atoms with Crippen LogP contribution in [-0.4, -0.2) is 68.8 Å². The SMILES string of the molecule is N#Cc1ccc(N2C3CC[C@H]2CN(C(=O)COCC2(c4cccc5ncnn45)CC2)C3)nc1. The third-order valence-corrected chi connectivity index (χ3v) is 7.28. The van der Waals surface area contributed by atoms with E-state index in [9.17, 15) is 4.79 Å². The van der Waals surface area contributed by atoms with Gasteiger partial charge in [-0.15, -0.1) is 0 Å². The number of hydrogen-bond acceptors (Lipinski definition) is 7. The second-order valence-electron chi connectivity index (χ2n) is 9.32. The van der Waals surface area contributed by atoms with E-state index in [1.165, 1.54) is 0 Å². The number of nitrogens with zero attached hydrogens (tertiary/aromatic N) is 7. The van der Waals surface area contributed by atoms with Crippen molar-refractivity contribution >= 4 is 17.4 Å². The van der Waals surface area contributed by atoms with Gasteiger partial charge in [-0.3, -0.25) is 4.79 Å². The molecule has 0 aromatic carbocycles. The van der Waals surface area contributed by atoms with Gasteiger partial charge in [0.25, 0.3) is 0 Å². The van der Waals surface area contributed by atoms with Crippen LogP contribution >= 0.6 is 0 Å². The first kappa shape index (κ1) is 20.1. The molecule has 0 spiro atoms. The van der Waals surface area contributed by atoms with Crippen molar-refractivity contribution in [2.45, 2.75) is 43.2 Å². The van der Waals surface area contributed by atoms with E-state index >= 15 is 0 Å². The predicted molar refractivity (Wildman–Crippen MR) is 120 cm³/mol. The second-order valence-corrected chi connectivity index (χ2v) is 9.32. The molecule has 2 atom stereocenters. The quantitative estimate of drug-likeness (QED) is 0.574. The molecular formula is C24H25N7O2. The van der Waals surface area contributed by atoms with E-state index in [1.807, 2.05) is 27.6 Å². The highest BCUT2D eigenvalue weighted by atomic mass is 16.5. The number of pyridine rings is 2. The minimum Gasteiger partial charge on any atom is -0.371 e. The Bertz CT molecular complexity index is 1210. The van der Waals surface area contributed by atoms with E-state index in [0.29, 0.717) is 25.3 Å². The summed E-state index contributed by atoms with van der Waals surface area (Å²) >= 11 is 0. The fourth-order valence-corrected chi connectivity index (χ4v) is 5.38. The summed E-state index contributed by atoms with van der Waals surface area (Å²) in [5.41, 5.74) is 2.42. The summed E-state index contributed by atoms with van der Waals surface area (Å²) in [7, 11) is 0. The maximum atomic E-state index is 13.0. The molecule has 1 unspecified atom stereocenters. The Kier molecular flexibility index (Phi) is 4.76. The Hall–Kier alpha value is -3.51. The van der Waals surface area contributed by atoms with Gasteiger partial charge in [-0.05, 0) is 49.9 Å². The zero-order valence-electron chi connectivity index (χ0n) is 18.3. The summed E-state index contributed by atoms with van der Waals surface area (Å²) in [5, 5.41) is 13.4. The molecule has 3 aliphatic rings. The number of ether oxygens (including phenoxy) is 1. The molecule has 33 heavy (non-hydrogen) atoms. The molecule has 5 heterocycles. The van der Waals surface area contributed by atoms with Gasteiger partial charge in [-0.25, -0.2) is 14.5 Å². The molecule has 2 bridgehead atoms. The largest absolute Gasteiger partial charge is 0.371 e. The molecule has 0 N–H and O–H groups in total. The smallest absolute Gasteiger partial charge is 0.248 e. The lowest BCUT2D eigenvalue weighted by atomic mass is 10.0. The van der Waals surface area contributed by atoms with Crippen LogP contribution in [0.3, 0.4) is 0 Å². The first-order valence-electron chi connectivity index (χ1n) is 11.5. The Morgan fingerprint density at radius 3 is 2.67 bits per heavy atom.